The number of methoxy groups -OCH3 is 1. The van der Waals surface area contributed by atoms with Crippen LogP contribution in [0.4, 0.5) is 4.39 Å². The van der Waals surface area contributed by atoms with E-state index in [-0.39, 0.29) is 17.7 Å². The van der Waals surface area contributed by atoms with Gasteiger partial charge < -0.3 is 20.1 Å². The molecule has 1 saturated heterocycles. The monoisotopic (exact) mass is 518 g/mol. The molecule has 2 aromatic carbocycles. The summed E-state index contributed by atoms with van der Waals surface area (Å²) in [7, 11) is 1.78. The minimum atomic E-state index is -0.576. The van der Waals surface area contributed by atoms with Gasteiger partial charge in [0, 0.05) is 62.8 Å². The third kappa shape index (κ3) is 7.51. The van der Waals surface area contributed by atoms with Crippen molar-refractivity contribution in [1.29, 1.82) is 0 Å². The highest BCUT2D eigenvalue weighted by Gasteiger charge is 2.21. The maximum absolute atomic E-state index is 13.0. The highest BCUT2D eigenvalue weighted by atomic mass is 19.1. The smallest absolute Gasteiger partial charge is 0.293 e. The number of nitrogens with one attached hydrogen (secondary N) is 2. The predicted octanol–water partition coefficient (Wildman–Crippen LogP) is 3.37. The summed E-state index contributed by atoms with van der Waals surface area (Å²) in [6.45, 7) is 4.71. The molecule has 0 spiro atoms. The number of halogens is 1. The van der Waals surface area contributed by atoms with E-state index in [1.54, 1.807) is 14.0 Å². The van der Waals surface area contributed by atoms with Gasteiger partial charge in [-0.3, -0.25) is 9.69 Å². The number of rotatable bonds is 10. The molecule has 7 nitrogen and oxygen atoms in total. The number of aromatic amines is 1. The van der Waals surface area contributed by atoms with Gasteiger partial charge in [-0.15, -0.1) is 0 Å². The van der Waals surface area contributed by atoms with E-state index in [0.29, 0.717) is 24.8 Å². The lowest BCUT2D eigenvalue weighted by Gasteiger charge is -2.20. The average molecular weight is 519 g/mol. The Morgan fingerprint density at radius 2 is 1.87 bits per heavy atom. The van der Waals surface area contributed by atoms with E-state index < -0.39 is 12.2 Å². The summed E-state index contributed by atoms with van der Waals surface area (Å²) >= 11 is 0. The van der Waals surface area contributed by atoms with Crippen LogP contribution in [0.3, 0.4) is 0 Å². The average Bonchev–Trinajstić information content (AvgIpc) is 3.40. The van der Waals surface area contributed by atoms with Crippen LogP contribution in [-0.2, 0) is 17.7 Å². The molecule has 200 valence electrons. The van der Waals surface area contributed by atoms with E-state index in [1.807, 2.05) is 24.3 Å². The highest BCUT2D eigenvalue weighted by Crippen LogP contribution is 2.23. The van der Waals surface area contributed by atoms with Crippen molar-refractivity contribution in [3.8, 4) is 17.6 Å². The molecule has 0 unspecified atom stereocenters. The van der Waals surface area contributed by atoms with Gasteiger partial charge in [-0.2, -0.15) is 0 Å². The molecule has 0 aliphatic carbocycles. The van der Waals surface area contributed by atoms with Crippen molar-refractivity contribution in [3.05, 3.63) is 93.2 Å². The van der Waals surface area contributed by atoms with Crippen LogP contribution < -0.4 is 10.9 Å². The number of H-pyrrole nitrogens is 1. The molecule has 3 N–H and O–H groups in total. The van der Waals surface area contributed by atoms with Gasteiger partial charge in [0.15, 0.2) is 0 Å². The molecule has 4 rings (SSSR count). The first kappa shape index (κ1) is 27.5. The molecule has 1 aromatic heterocycles. The fourth-order valence-corrected chi connectivity index (χ4v) is 4.59. The molecular formula is C30H35FN4O3. The summed E-state index contributed by atoms with van der Waals surface area (Å²) in [5, 5.41) is 13.3. The Kier molecular flexibility index (Phi) is 9.66. The van der Waals surface area contributed by atoms with Crippen LogP contribution in [0.15, 0.2) is 59.7 Å². The molecule has 1 fully saturated rings. The number of hydrogen-bond acceptors (Lipinski definition) is 6. The predicted molar refractivity (Wildman–Crippen MR) is 146 cm³/mol. The summed E-state index contributed by atoms with van der Waals surface area (Å²) in [6.07, 6.45) is 3.03. The Hall–Kier alpha value is -3.51. The van der Waals surface area contributed by atoms with Crippen LogP contribution in [0.5, 0.6) is 5.75 Å². The van der Waals surface area contributed by atoms with Gasteiger partial charge in [-0.25, -0.2) is 9.37 Å². The minimum Gasteiger partial charge on any atom is -0.502 e. The Balaban J connectivity index is 1.42. The van der Waals surface area contributed by atoms with E-state index >= 15 is 0 Å². The van der Waals surface area contributed by atoms with Gasteiger partial charge in [-0.1, -0.05) is 36.1 Å². The Labute approximate surface area is 223 Å². The number of alkyl halides is 1. The first-order chi connectivity index (χ1) is 18.4. The summed E-state index contributed by atoms with van der Waals surface area (Å²) in [5.74, 6) is 5.95. The molecule has 0 radical (unpaired) electrons. The quantitative estimate of drug-likeness (QED) is 0.357. The molecule has 8 heteroatoms. The SMILES string of the molecule is CO[C@H]1CCN(Cc2ccc(C#Cc3ccc([C@H](CN[C@@H](C)CF)Cc4nc[nH]c(=O)c4O)cc3)cc2)C1. The molecule has 2 heterocycles. The Morgan fingerprint density at radius 3 is 2.50 bits per heavy atom. The third-order valence-corrected chi connectivity index (χ3v) is 6.94. The van der Waals surface area contributed by atoms with Crippen molar-refractivity contribution < 1.29 is 14.2 Å². The number of hydrogen-bond donors (Lipinski definition) is 3. The van der Waals surface area contributed by atoms with E-state index in [0.717, 1.165) is 42.7 Å². The minimum absolute atomic E-state index is 0.117. The summed E-state index contributed by atoms with van der Waals surface area (Å²) in [5.41, 5.74) is 3.81. The second-order valence-corrected chi connectivity index (χ2v) is 9.84. The number of benzene rings is 2. The number of aromatic hydroxyl groups is 1. The molecule has 0 bridgehead atoms. The second kappa shape index (κ2) is 13.3. The Bertz CT molecular complexity index is 1300. The van der Waals surface area contributed by atoms with Crippen molar-refractivity contribution in [2.45, 2.75) is 44.4 Å². The van der Waals surface area contributed by atoms with Gasteiger partial charge in [0.25, 0.3) is 5.56 Å². The standard InChI is InChI=1S/C30H35FN4O3/c1-21(16-31)32-17-26(15-28-29(36)30(37)34-20-33-28)25-11-9-23(10-12-25)4-3-22-5-7-24(8-6-22)18-35-14-13-27(19-35)38-2/h5-12,20-21,26-27,32,36H,13-19H2,1-2H3,(H,33,34,37)/t21-,26-,27-/m0/s1. The maximum Gasteiger partial charge on any atom is 0.293 e. The zero-order valence-corrected chi connectivity index (χ0v) is 21.9. The number of aromatic nitrogens is 2. The van der Waals surface area contributed by atoms with Crippen molar-refractivity contribution in [3.63, 3.8) is 0 Å². The zero-order valence-electron chi connectivity index (χ0n) is 21.9. The van der Waals surface area contributed by atoms with E-state index in [1.165, 1.54) is 11.9 Å². The van der Waals surface area contributed by atoms with Crippen molar-refractivity contribution in [2.75, 3.05) is 33.4 Å². The van der Waals surface area contributed by atoms with Crippen molar-refractivity contribution in [2.24, 2.45) is 0 Å². The van der Waals surface area contributed by atoms with Gasteiger partial charge in [0.2, 0.25) is 5.75 Å². The van der Waals surface area contributed by atoms with Crippen LogP contribution in [0.2, 0.25) is 0 Å². The molecule has 0 amide bonds. The first-order valence-electron chi connectivity index (χ1n) is 13.0. The lowest BCUT2D eigenvalue weighted by atomic mass is 9.92. The number of ether oxygens (including phenoxy) is 1. The van der Waals surface area contributed by atoms with Crippen LogP contribution in [0.25, 0.3) is 0 Å². The molecule has 1 aliphatic heterocycles. The van der Waals surface area contributed by atoms with Crippen LogP contribution in [0.1, 0.15) is 47.2 Å². The van der Waals surface area contributed by atoms with Crippen LogP contribution >= 0.6 is 0 Å². The second-order valence-electron chi connectivity index (χ2n) is 9.84. The van der Waals surface area contributed by atoms with Crippen LogP contribution in [-0.4, -0.2) is 65.5 Å². The zero-order chi connectivity index (χ0) is 26.9. The fraction of sp³-hybridized carbons (Fsp3) is 0.400. The Morgan fingerprint density at radius 1 is 1.18 bits per heavy atom. The van der Waals surface area contributed by atoms with Crippen molar-refractivity contribution in [1.82, 2.24) is 20.2 Å². The third-order valence-electron chi connectivity index (χ3n) is 6.94. The number of likely N-dealkylation sites (tertiary alicyclic amines) is 1. The van der Waals surface area contributed by atoms with Crippen molar-refractivity contribution >= 4 is 0 Å². The molecular weight excluding hydrogens is 483 g/mol. The molecule has 3 aromatic rings. The van der Waals surface area contributed by atoms with E-state index in [9.17, 15) is 14.3 Å². The molecule has 3 atom stereocenters. The van der Waals surface area contributed by atoms with Gasteiger partial charge in [0.05, 0.1) is 18.1 Å². The molecule has 1 aliphatic rings. The lowest BCUT2D eigenvalue weighted by Crippen LogP contribution is -2.32. The summed E-state index contributed by atoms with van der Waals surface area (Å²) < 4.78 is 18.5. The normalized spacial score (nSPS) is 17.1. The van der Waals surface area contributed by atoms with Gasteiger partial charge >= 0.3 is 0 Å². The molecule has 0 saturated carbocycles. The summed E-state index contributed by atoms with van der Waals surface area (Å²) in [6, 6.07) is 15.9. The maximum atomic E-state index is 13.0. The summed E-state index contributed by atoms with van der Waals surface area (Å²) in [4.78, 5) is 20.7. The van der Waals surface area contributed by atoms with Gasteiger partial charge in [0.1, 0.15) is 6.67 Å². The topological polar surface area (TPSA) is 90.5 Å². The van der Waals surface area contributed by atoms with E-state index in [4.69, 9.17) is 4.74 Å². The first-order valence-corrected chi connectivity index (χ1v) is 13.0. The van der Waals surface area contributed by atoms with Crippen LogP contribution in [0, 0.1) is 11.8 Å². The fourth-order valence-electron chi connectivity index (χ4n) is 4.59. The highest BCUT2D eigenvalue weighted by molar-refractivity contribution is 5.44. The van der Waals surface area contributed by atoms with Gasteiger partial charge in [-0.05, 0) is 48.7 Å². The molecule has 38 heavy (non-hydrogen) atoms. The number of nitrogens with zero attached hydrogens (tertiary/aromatic N) is 2. The largest absolute Gasteiger partial charge is 0.502 e. The van der Waals surface area contributed by atoms with E-state index in [2.05, 4.69) is 56.3 Å². The lowest BCUT2D eigenvalue weighted by molar-refractivity contribution is 0.107.